The average molecular weight is 580 g/mol. The number of allylic oxidation sites excluding steroid dienone is 3. The number of hydrogen-bond donors (Lipinski definition) is 0. The van der Waals surface area contributed by atoms with Crippen LogP contribution in [0.1, 0.15) is 67.9 Å². The number of alkyl halides is 1. The van der Waals surface area contributed by atoms with Crippen molar-refractivity contribution in [3.05, 3.63) is 119 Å². The highest BCUT2D eigenvalue weighted by Gasteiger charge is 2.38. The van der Waals surface area contributed by atoms with Crippen LogP contribution >= 0.6 is 30.4 Å². The first-order valence-electron chi connectivity index (χ1n) is 12.1. The van der Waals surface area contributed by atoms with Gasteiger partial charge in [-0.05, 0) is 47.1 Å². The lowest BCUT2D eigenvalue weighted by Gasteiger charge is -2.29. The Bertz CT molecular complexity index is 1100. The number of rotatable bonds is 10. The molecule has 0 amide bonds. The molecule has 0 aliphatic heterocycles. The molecule has 0 spiro atoms. The molecule has 0 saturated heterocycles. The van der Waals surface area contributed by atoms with Crippen LogP contribution in [-0.2, 0) is 7.73 Å². The summed E-state index contributed by atoms with van der Waals surface area (Å²) in [5.41, 5.74) is 5.60. The van der Waals surface area contributed by atoms with Gasteiger partial charge in [-0.3, -0.25) is 0 Å². The Kier molecular flexibility index (Phi) is 10.2. The van der Waals surface area contributed by atoms with E-state index in [2.05, 4.69) is 140 Å². The summed E-state index contributed by atoms with van der Waals surface area (Å²) in [6.45, 7) is 6.39. The molecule has 0 radical (unpaired) electrons. The molecular formula is C31H34IOP. The van der Waals surface area contributed by atoms with Crippen molar-refractivity contribution in [2.24, 2.45) is 0 Å². The molecule has 1 nitrogen and oxygen atoms in total. The van der Waals surface area contributed by atoms with E-state index < -0.39 is 11.0 Å². The fourth-order valence-corrected chi connectivity index (χ4v) is 7.16. The van der Waals surface area contributed by atoms with E-state index in [1.165, 1.54) is 0 Å². The molecule has 176 valence electrons. The maximum Gasteiger partial charge on any atom is 0.127 e. The van der Waals surface area contributed by atoms with E-state index in [4.69, 9.17) is 0 Å². The first-order valence-corrected chi connectivity index (χ1v) is 14.6. The van der Waals surface area contributed by atoms with E-state index in [1.54, 1.807) is 0 Å². The summed E-state index contributed by atoms with van der Waals surface area (Å²) in [6.07, 6.45) is 15.9. The lowest BCUT2D eigenvalue weighted by molar-refractivity contribution is 0.588. The van der Waals surface area contributed by atoms with Gasteiger partial charge in [-0.2, -0.15) is 0 Å². The molecule has 1 atom stereocenters. The summed E-state index contributed by atoms with van der Waals surface area (Å²) in [6, 6.07) is 25.2. The maximum atomic E-state index is 14.2. The highest BCUT2D eigenvalue weighted by Crippen LogP contribution is 2.56. The molecule has 0 saturated carbocycles. The minimum absolute atomic E-state index is 0.636. The van der Waals surface area contributed by atoms with Crippen LogP contribution in [0.3, 0.4) is 0 Å². The van der Waals surface area contributed by atoms with Crippen molar-refractivity contribution < 1.29 is 4.57 Å². The SMILES string of the molecule is CCC=Cc1ccc([PH](=O)C(I)(c2ccc(C=CCC)cc2)c2ccc(C=CCC)cc2)cc1. The molecule has 0 N–H and O–H groups in total. The third-order valence-electron chi connectivity index (χ3n) is 5.74. The Morgan fingerprint density at radius 3 is 1.26 bits per heavy atom. The van der Waals surface area contributed by atoms with E-state index in [1.807, 2.05) is 12.1 Å². The number of hydrogen-bond acceptors (Lipinski definition) is 1. The zero-order chi connectivity index (χ0) is 24.4. The standard InChI is InChI=1S/C31H34IOP/c1-4-7-10-25-13-19-28(20-14-25)31(32,29-21-15-26(16-22-29)11-8-5-2)34(33)30-23-17-27(18-24-30)12-9-6-3/h7-24,34H,4-6H2,1-3H3. The van der Waals surface area contributed by atoms with E-state index in [-0.39, 0.29) is 0 Å². The summed E-state index contributed by atoms with van der Waals surface area (Å²) >= 11 is 2.43. The molecule has 0 aromatic heterocycles. The molecule has 34 heavy (non-hydrogen) atoms. The lowest BCUT2D eigenvalue weighted by Crippen LogP contribution is -2.19. The summed E-state index contributed by atoms with van der Waals surface area (Å²) in [5.74, 6) is 0. The van der Waals surface area contributed by atoms with Gasteiger partial charge in [-0.25, -0.2) is 0 Å². The van der Waals surface area contributed by atoms with E-state index in [9.17, 15) is 4.57 Å². The quantitative estimate of drug-likeness (QED) is 0.133. The second-order valence-corrected chi connectivity index (χ2v) is 12.9. The zero-order valence-corrected chi connectivity index (χ0v) is 23.5. The van der Waals surface area contributed by atoms with Gasteiger partial charge in [0.25, 0.3) is 0 Å². The summed E-state index contributed by atoms with van der Waals surface area (Å²) in [5, 5.41) is 0.901. The Labute approximate surface area is 219 Å². The van der Waals surface area contributed by atoms with Crippen LogP contribution < -0.4 is 5.30 Å². The maximum absolute atomic E-state index is 14.2. The first-order chi connectivity index (χ1) is 16.5. The molecule has 3 aromatic carbocycles. The first kappa shape index (κ1) is 26.4. The summed E-state index contributed by atoms with van der Waals surface area (Å²) in [4.78, 5) is 0. The third-order valence-corrected chi connectivity index (χ3v) is 10.5. The van der Waals surface area contributed by atoms with Gasteiger partial charge in [0, 0.05) is 5.30 Å². The van der Waals surface area contributed by atoms with Crippen molar-refractivity contribution in [1.29, 1.82) is 0 Å². The summed E-state index contributed by atoms with van der Waals surface area (Å²) < 4.78 is 13.6. The Morgan fingerprint density at radius 1 is 0.618 bits per heavy atom. The average Bonchev–Trinajstić information content (AvgIpc) is 2.89. The zero-order valence-electron chi connectivity index (χ0n) is 20.3. The van der Waals surface area contributed by atoms with Gasteiger partial charge < -0.3 is 4.57 Å². The molecule has 0 bridgehead atoms. The van der Waals surface area contributed by atoms with Gasteiger partial charge in [-0.1, -0.05) is 153 Å². The monoisotopic (exact) mass is 580 g/mol. The van der Waals surface area contributed by atoms with Crippen LogP contribution in [0.2, 0.25) is 0 Å². The van der Waals surface area contributed by atoms with Crippen LogP contribution in [0.25, 0.3) is 18.2 Å². The number of benzene rings is 3. The predicted octanol–water partition coefficient (Wildman–Crippen LogP) is 9.48. The highest BCUT2D eigenvalue weighted by atomic mass is 127. The fraction of sp³-hybridized carbons (Fsp3) is 0.226. The molecular weight excluding hydrogens is 546 g/mol. The smallest absolute Gasteiger partial charge is 0.127 e. The van der Waals surface area contributed by atoms with Crippen LogP contribution in [0, 0.1) is 0 Å². The predicted molar refractivity (Wildman–Crippen MR) is 161 cm³/mol. The van der Waals surface area contributed by atoms with Gasteiger partial charge in [0.1, 0.15) is 11.0 Å². The molecule has 0 aliphatic carbocycles. The van der Waals surface area contributed by atoms with E-state index in [0.717, 1.165) is 52.4 Å². The van der Waals surface area contributed by atoms with Crippen LogP contribution in [-0.4, -0.2) is 0 Å². The van der Waals surface area contributed by atoms with Gasteiger partial charge in [0.15, 0.2) is 0 Å². The Hall–Kier alpha value is -2.16. The Balaban J connectivity index is 2.05. The molecule has 0 aliphatic rings. The third kappa shape index (κ3) is 6.49. The normalized spacial score (nSPS) is 14.7. The molecule has 3 heteroatoms. The van der Waals surface area contributed by atoms with E-state index >= 15 is 0 Å². The molecule has 0 heterocycles. The van der Waals surface area contributed by atoms with Crippen LogP contribution in [0.4, 0.5) is 0 Å². The van der Waals surface area contributed by atoms with Crippen molar-refractivity contribution in [2.45, 2.75) is 43.2 Å². The van der Waals surface area contributed by atoms with Crippen LogP contribution in [0.5, 0.6) is 0 Å². The van der Waals surface area contributed by atoms with Gasteiger partial charge in [-0.15, -0.1) is 0 Å². The van der Waals surface area contributed by atoms with Gasteiger partial charge >= 0.3 is 0 Å². The second-order valence-electron chi connectivity index (χ2n) is 8.29. The minimum atomic E-state index is -2.23. The molecule has 3 rings (SSSR count). The highest BCUT2D eigenvalue weighted by molar-refractivity contribution is 14.1. The number of halogens is 1. The van der Waals surface area contributed by atoms with Crippen molar-refractivity contribution >= 4 is 53.9 Å². The van der Waals surface area contributed by atoms with Gasteiger partial charge in [0.2, 0.25) is 0 Å². The van der Waals surface area contributed by atoms with Crippen molar-refractivity contribution in [3.63, 3.8) is 0 Å². The van der Waals surface area contributed by atoms with Crippen molar-refractivity contribution in [2.75, 3.05) is 0 Å². The molecule has 3 aromatic rings. The van der Waals surface area contributed by atoms with Crippen molar-refractivity contribution in [3.8, 4) is 0 Å². The van der Waals surface area contributed by atoms with Gasteiger partial charge in [0.05, 0.1) is 0 Å². The van der Waals surface area contributed by atoms with E-state index in [0.29, 0.717) is 0 Å². The fourth-order valence-electron chi connectivity index (χ4n) is 3.78. The van der Waals surface area contributed by atoms with Crippen LogP contribution in [0.15, 0.2) is 91.0 Å². The molecule has 1 unspecified atom stereocenters. The second kappa shape index (κ2) is 13.1. The Morgan fingerprint density at radius 2 is 0.941 bits per heavy atom. The minimum Gasteiger partial charge on any atom is -0.320 e. The largest absolute Gasteiger partial charge is 0.320 e. The van der Waals surface area contributed by atoms with Crippen molar-refractivity contribution in [1.82, 2.24) is 0 Å². The molecule has 0 fully saturated rings. The summed E-state index contributed by atoms with van der Waals surface area (Å²) in [7, 11) is -2.23. The lowest BCUT2D eigenvalue weighted by atomic mass is 10.0. The topological polar surface area (TPSA) is 17.1 Å².